The molecule has 0 aromatic rings. The zero-order valence-electron chi connectivity index (χ0n) is 12.7. The standard InChI is InChI=1S/C14H27NO4/c1-13(2)10-15(8-11(9-16)19-13)7-6-12(17)14(3,4)18-5/h11,16H,6-10H2,1-5H3. The molecule has 0 bridgehead atoms. The van der Waals surface area contributed by atoms with E-state index in [9.17, 15) is 9.90 Å². The molecule has 1 saturated heterocycles. The van der Waals surface area contributed by atoms with Gasteiger partial charge < -0.3 is 14.6 Å². The highest BCUT2D eigenvalue weighted by Gasteiger charge is 2.34. The minimum absolute atomic E-state index is 0.0113. The lowest BCUT2D eigenvalue weighted by atomic mass is 9.99. The van der Waals surface area contributed by atoms with E-state index in [0.717, 1.165) is 6.54 Å². The molecule has 0 aliphatic carbocycles. The molecule has 0 spiro atoms. The zero-order chi connectivity index (χ0) is 14.7. The van der Waals surface area contributed by atoms with E-state index in [2.05, 4.69) is 4.90 Å². The Bertz CT molecular complexity index is 315. The first kappa shape index (κ1) is 16.6. The van der Waals surface area contributed by atoms with Crippen LogP contribution in [0.4, 0.5) is 0 Å². The molecule has 1 fully saturated rings. The SMILES string of the molecule is COC(C)(C)C(=O)CCN1CC(CO)OC(C)(C)C1. The lowest BCUT2D eigenvalue weighted by molar-refractivity contribution is -0.152. The average molecular weight is 273 g/mol. The van der Waals surface area contributed by atoms with Gasteiger partial charge in [-0.05, 0) is 27.7 Å². The number of hydrogen-bond acceptors (Lipinski definition) is 5. The van der Waals surface area contributed by atoms with Gasteiger partial charge in [-0.1, -0.05) is 0 Å². The van der Waals surface area contributed by atoms with Crippen molar-refractivity contribution in [3.63, 3.8) is 0 Å². The fourth-order valence-corrected chi connectivity index (χ4v) is 2.36. The highest BCUT2D eigenvalue weighted by Crippen LogP contribution is 2.21. The van der Waals surface area contributed by atoms with Gasteiger partial charge in [-0.2, -0.15) is 0 Å². The third kappa shape index (κ3) is 4.84. The Balaban J connectivity index is 2.51. The third-order valence-electron chi connectivity index (χ3n) is 3.59. The van der Waals surface area contributed by atoms with Gasteiger partial charge in [0.1, 0.15) is 5.60 Å². The Kier molecular flexibility index (Phi) is 5.50. The van der Waals surface area contributed by atoms with E-state index in [1.807, 2.05) is 13.8 Å². The summed E-state index contributed by atoms with van der Waals surface area (Å²) in [5, 5.41) is 9.25. The van der Waals surface area contributed by atoms with Crippen LogP contribution in [-0.4, -0.2) is 66.4 Å². The molecule has 5 heteroatoms. The van der Waals surface area contributed by atoms with E-state index in [0.29, 0.717) is 19.5 Å². The maximum Gasteiger partial charge on any atom is 0.165 e. The molecule has 0 aromatic carbocycles. The fourth-order valence-electron chi connectivity index (χ4n) is 2.36. The number of carbonyl (C=O) groups is 1. The van der Waals surface area contributed by atoms with E-state index in [1.54, 1.807) is 21.0 Å². The highest BCUT2D eigenvalue weighted by molar-refractivity contribution is 5.86. The van der Waals surface area contributed by atoms with Gasteiger partial charge in [0.2, 0.25) is 0 Å². The molecule has 0 amide bonds. The van der Waals surface area contributed by atoms with Crippen LogP contribution >= 0.6 is 0 Å². The summed E-state index contributed by atoms with van der Waals surface area (Å²) in [5.74, 6) is 0.0971. The topological polar surface area (TPSA) is 59.0 Å². The predicted octanol–water partition coefficient (Wildman–Crippen LogP) is 0.842. The van der Waals surface area contributed by atoms with Crippen LogP contribution in [0.2, 0.25) is 0 Å². The molecule has 0 radical (unpaired) electrons. The van der Waals surface area contributed by atoms with Gasteiger partial charge in [0.25, 0.3) is 0 Å². The van der Waals surface area contributed by atoms with Crippen LogP contribution in [0.1, 0.15) is 34.1 Å². The van der Waals surface area contributed by atoms with E-state index >= 15 is 0 Å². The molecular formula is C14H27NO4. The van der Waals surface area contributed by atoms with E-state index < -0.39 is 5.60 Å². The Hall–Kier alpha value is -0.490. The smallest absolute Gasteiger partial charge is 0.165 e. The molecule has 1 N–H and O–H groups in total. The Morgan fingerprint density at radius 1 is 1.53 bits per heavy atom. The summed E-state index contributed by atoms with van der Waals surface area (Å²) >= 11 is 0. The Labute approximate surface area is 115 Å². The summed E-state index contributed by atoms with van der Waals surface area (Å²) < 4.78 is 10.9. The second-order valence-electron chi connectivity index (χ2n) is 6.30. The minimum Gasteiger partial charge on any atom is -0.394 e. The van der Waals surface area contributed by atoms with Crippen molar-refractivity contribution >= 4 is 5.78 Å². The maximum atomic E-state index is 12.0. The van der Waals surface area contributed by atoms with Crippen LogP contribution in [0, 0.1) is 0 Å². The summed E-state index contributed by atoms with van der Waals surface area (Å²) in [6.45, 7) is 9.70. The quantitative estimate of drug-likeness (QED) is 0.777. The monoisotopic (exact) mass is 273 g/mol. The van der Waals surface area contributed by atoms with Crippen molar-refractivity contribution in [3.8, 4) is 0 Å². The third-order valence-corrected chi connectivity index (χ3v) is 3.59. The summed E-state index contributed by atoms with van der Waals surface area (Å²) in [4.78, 5) is 14.2. The molecule has 5 nitrogen and oxygen atoms in total. The van der Waals surface area contributed by atoms with Crippen molar-refractivity contribution in [2.45, 2.75) is 51.4 Å². The number of Topliss-reactive ketones (excluding diaryl/α,β-unsaturated/α-hetero) is 1. The molecule has 1 rings (SSSR count). The molecule has 1 aliphatic rings. The van der Waals surface area contributed by atoms with Crippen LogP contribution in [0.25, 0.3) is 0 Å². The maximum absolute atomic E-state index is 12.0. The van der Waals surface area contributed by atoms with E-state index in [-0.39, 0.29) is 24.1 Å². The first-order valence-electron chi connectivity index (χ1n) is 6.79. The number of morpholine rings is 1. The second-order valence-corrected chi connectivity index (χ2v) is 6.30. The number of aliphatic hydroxyl groups excluding tert-OH is 1. The summed E-state index contributed by atoms with van der Waals surface area (Å²) in [6.07, 6.45) is 0.281. The second kappa shape index (κ2) is 6.31. The Morgan fingerprint density at radius 3 is 2.68 bits per heavy atom. The lowest BCUT2D eigenvalue weighted by Gasteiger charge is -2.42. The molecule has 1 aliphatic heterocycles. The summed E-state index contributed by atoms with van der Waals surface area (Å²) in [6, 6.07) is 0. The molecular weight excluding hydrogens is 246 g/mol. The molecule has 1 atom stereocenters. The lowest BCUT2D eigenvalue weighted by Crippen LogP contribution is -2.54. The highest BCUT2D eigenvalue weighted by atomic mass is 16.5. The van der Waals surface area contributed by atoms with Gasteiger partial charge in [0, 0.05) is 33.2 Å². The first-order chi connectivity index (χ1) is 8.70. The number of hydrogen-bond donors (Lipinski definition) is 1. The molecule has 0 aromatic heterocycles. The first-order valence-corrected chi connectivity index (χ1v) is 6.79. The van der Waals surface area contributed by atoms with Crippen molar-refractivity contribution < 1.29 is 19.4 Å². The largest absolute Gasteiger partial charge is 0.394 e. The number of rotatable bonds is 6. The van der Waals surface area contributed by atoms with Crippen LogP contribution in [0.3, 0.4) is 0 Å². The number of nitrogens with zero attached hydrogens (tertiary/aromatic N) is 1. The number of ketones is 1. The molecule has 0 saturated carbocycles. The van der Waals surface area contributed by atoms with Gasteiger partial charge in [-0.15, -0.1) is 0 Å². The number of carbonyl (C=O) groups excluding carboxylic acids is 1. The van der Waals surface area contributed by atoms with Gasteiger partial charge in [-0.3, -0.25) is 9.69 Å². The van der Waals surface area contributed by atoms with Crippen LogP contribution in [0.5, 0.6) is 0 Å². The van der Waals surface area contributed by atoms with Crippen LogP contribution in [0.15, 0.2) is 0 Å². The summed E-state index contributed by atoms with van der Waals surface area (Å²) in [7, 11) is 1.55. The Morgan fingerprint density at radius 2 is 2.16 bits per heavy atom. The van der Waals surface area contributed by atoms with Crippen molar-refractivity contribution in [1.29, 1.82) is 0 Å². The van der Waals surface area contributed by atoms with Gasteiger partial charge >= 0.3 is 0 Å². The average Bonchev–Trinajstić information content (AvgIpc) is 2.33. The van der Waals surface area contributed by atoms with Crippen LogP contribution < -0.4 is 0 Å². The van der Waals surface area contributed by atoms with Crippen molar-refractivity contribution in [2.75, 3.05) is 33.4 Å². The number of methoxy groups -OCH3 is 1. The van der Waals surface area contributed by atoms with Gasteiger partial charge in [-0.25, -0.2) is 0 Å². The van der Waals surface area contributed by atoms with Crippen molar-refractivity contribution in [1.82, 2.24) is 4.90 Å². The zero-order valence-corrected chi connectivity index (χ0v) is 12.7. The van der Waals surface area contributed by atoms with Crippen LogP contribution in [-0.2, 0) is 14.3 Å². The van der Waals surface area contributed by atoms with Gasteiger partial charge in [0.15, 0.2) is 5.78 Å². The number of aliphatic hydroxyl groups is 1. The van der Waals surface area contributed by atoms with E-state index in [4.69, 9.17) is 9.47 Å². The molecule has 1 heterocycles. The van der Waals surface area contributed by atoms with E-state index in [1.165, 1.54) is 0 Å². The van der Waals surface area contributed by atoms with Gasteiger partial charge in [0.05, 0.1) is 18.3 Å². The predicted molar refractivity (Wildman–Crippen MR) is 73.2 cm³/mol. The minimum atomic E-state index is -0.724. The molecule has 19 heavy (non-hydrogen) atoms. The molecule has 1 unspecified atom stereocenters. The fraction of sp³-hybridized carbons (Fsp3) is 0.929. The van der Waals surface area contributed by atoms with Crippen molar-refractivity contribution in [3.05, 3.63) is 0 Å². The number of ether oxygens (including phenoxy) is 2. The van der Waals surface area contributed by atoms with Crippen molar-refractivity contribution in [2.24, 2.45) is 0 Å². The normalized spacial score (nSPS) is 24.4. The summed E-state index contributed by atoms with van der Waals surface area (Å²) in [5.41, 5.74) is -1.01. The molecule has 112 valence electrons.